The van der Waals surface area contributed by atoms with Crippen molar-refractivity contribution in [2.45, 2.75) is 63.9 Å². The second kappa shape index (κ2) is 6.70. The first kappa shape index (κ1) is 17.1. The predicted molar refractivity (Wildman–Crippen MR) is 83.0 cm³/mol. The molecule has 0 aliphatic carbocycles. The standard InChI is InChI=1S/C15H26N2O2S/c1-5-15(6-2,7-3)17-20(18,19)14-9-8-12(4)13(10-14)11-16/h8-10,17H,5-7,11,16H2,1-4H3. The minimum absolute atomic E-state index is 0.295. The number of nitrogens with one attached hydrogen (secondary N) is 1. The molecular weight excluding hydrogens is 272 g/mol. The fraction of sp³-hybridized carbons (Fsp3) is 0.600. The summed E-state index contributed by atoms with van der Waals surface area (Å²) in [6.45, 7) is 8.30. The fourth-order valence-electron chi connectivity index (χ4n) is 2.35. The van der Waals surface area contributed by atoms with Crippen LogP contribution < -0.4 is 10.5 Å². The average molecular weight is 298 g/mol. The molecule has 0 aliphatic heterocycles. The number of hydrogen-bond acceptors (Lipinski definition) is 3. The Labute approximate surface area is 122 Å². The first-order valence-electron chi connectivity index (χ1n) is 7.17. The fourth-order valence-corrected chi connectivity index (χ4v) is 4.01. The molecule has 0 amide bonds. The lowest BCUT2D eigenvalue weighted by Crippen LogP contribution is -2.46. The molecule has 0 aromatic heterocycles. The van der Waals surface area contributed by atoms with Gasteiger partial charge in [-0.05, 0) is 49.4 Å². The van der Waals surface area contributed by atoms with Gasteiger partial charge in [-0.25, -0.2) is 13.1 Å². The van der Waals surface area contributed by atoms with Gasteiger partial charge in [0.15, 0.2) is 0 Å². The number of nitrogens with two attached hydrogens (primary N) is 1. The van der Waals surface area contributed by atoms with E-state index in [1.807, 2.05) is 33.8 Å². The van der Waals surface area contributed by atoms with E-state index in [0.29, 0.717) is 11.4 Å². The van der Waals surface area contributed by atoms with Crippen molar-refractivity contribution in [1.29, 1.82) is 0 Å². The Balaban J connectivity index is 3.17. The molecule has 0 atom stereocenters. The van der Waals surface area contributed by atoms with Gasteiger partial charge in [0.25, 0.3) is 0 Å². The Bertz CT molecular complexity index is 541. The van der Waals surface area contributed by atoms with Gasteiger partial charge in [-0.2, -0.15) is 0 Å². The zero-order valence-electron chi connectivity index (χ0n) is 12.9. The zero-order valence-corrected chi connectivity index (χ0v) is 13.7. The summed E-state index contributed by atoms with van der Waals surface area (Å²) in [5.41, 5.74) is 7.16. The molecule has 0 radical (unpaired) electrons. The maximum Gasteiger partial charge on any atom is 0.241 e. The van der Waals surface area contributed by atoms with E-state index in [0.717, 1.165) is 30.4 Å². The van der Waals surface area contributed by atoms with E-state index in [2.05, 4.69) is 4.72 Å². The number of hydrogen-bond donors (Lipinski definition) is 2. The molecule has 0 bridgehead atoms. The van der Waals surface area contributed by atoms with Crippen molar-refractivity contribution < 1.29 is 8.42 Å². The summed E-state index contributed by atoms with van der Waals surface area (Å²) in [4.78, 5) is 0.295. The van der Waals surface area contributed by atoms with Crippen LogP contribution in [-0.4, -0.2) is 14.0 Å². The molecule has 4 nitrogen and oxygen atoms in total. The molecule has 1 rings (SSSR count). The summed E-state index contributed by atoms with van der Waals surface area (Å²) in [5, 5.41) is 0. The zero-order chi connectivity index (χ0) is 15.4. The van der Waals surface area contributed by atoms with E-state index in [9.17, 15) is 8.42 Å². The van der Waals surface area contributed by atoms with Crippen LogP contribution in [0.3, 0.4) is 0 Å². The van der Waals surface area contributed by atoms with Crippen molar-refractivity contribution in [2.75, 3.05) is 0 Å². The molecule has 1 aromatic carbocycles. The average Bonchev–Trinajstić information content (AvgIpc) is 2.45. The highest BCUT2D eigenvalue weighted by Gasteiger charge is 2.30. The summed E-state index contributed by atoms with van der Waals surface area (Å²) >= 11 is 0. The third-order valence-corrected chi connectivity index (χ3v) is 5.81. The van der Waals surface area contributed by atoms with Crippen LogP contribution in [-0.2, 0) is 16.6 Å². The number of benzene rings is 1. The topological polar surface area (TPSA) is 72.2 Å². The van der Waals surface area contributed by atoms with E-state index in [1.165, 1.54) is 0 Å². The van der Waals surface area contributed by atoms with Crippen LogP contribution in [0, 0.1) is 6.92 Å². The molecule has 0 heterocycles. The van der Waals surface area contributed by atoms with Crippen molar-refractivity contribution >= 4 is 10.0 Å². The second-order valence-electron chi connectivity index (χ2n) is 5.24. The summed E-state index contributed by atoms with van der Waals surface area (Å²) < 4.78 is 28.0. The molecule has 3 N–H and O–H groups in total. The Morgan fingerprint density at radius 3 is 2.15 bits per heavy atom. The van der Waals surface area contributed by atoms with Gasteiger partial charge < -0.3 is 5.73 Å². The minimum Gasteiger partial charge on any atom is -0.326 e. The van der Waals surface area contributed by atoms with Gasteiger partial charge in [-0.1, -0.05) is 26.8 Å². The molecule has 5 heteroatoms. The van der Waals surface area contributed by atoms with Crippen LogP contribution in [0.4, 0.5) is 0 Å². The maximum atomic E-state index is 12.6. The maximum absolute atomic E-state index is 12.6. The summed E-state index contributed by atoms with van der Waals surface area (Å²) in [5.74, 6) is 0. The van der Waals surface area contributed by atoms with Crippen LogP contribution in [0.1, 0.15) is 51.2 Å². The van der Waals surface area contributed by atoms with Crippen molar-refractivity contribution in [3.8, 4) is 0 Å². The Hall–Kier alpha value is -0.910. The van der Waals surface area contributed by atoms with Gasteiger partial charge in [0.05, 0.1) is 4.90 Å². The highest BCUT2D eigenvalue weighted by atomic mass is 32.2. The lowest BCUT2D eigenvalue weighted by Gasteiger charge is -2.31. The van der Waals surface area contributed by atoms with Crippen LogP contribution in [0.5, 0.6) is 0 Å². The van der Waals surface area contributed by atoms with Crippen LogP contribution >= 0.6 is 0 Å². The monoisotopic (exact) mass is 298 g/mol. The third kappa shape index (κ3) is 3.59. The van der Waals surface area contributed by atoms with Crippen LogP contribution in [0.2, 0.25) is 0 Å². The van der Waals surface area contributed by atoms with E-state index in [1.54, 1.807) is 12.1 Å². The first-order valence-corrected chi connectivity index (χ1v) is 8.66. The number of aryl methyl sites for hydroxylation is 1. The molecule has 114 valence electrons. The van der Waals surface area contributed by atoms with Gasteiger partial charge in [-0.3, -0.25) is 0 Å². The van der Waals surface area contributed by atoms with E-state index >= 15 is 0 Å². The molecule has 0 fully saturated rings. The lowest BCUT2D eigenvalue weighted by molar-refractivity contribution is 0.341. The van der Waals surface area contributed by atoms with Gasteiger partial charge >= 0.3 is 0 Å². The van der Waals surface area contributed by atoms with Crippen LogP contribution in [0.25, 0.3) is 0 Å². The van der Waals surface area contributed by atoms with E-state index < -0.39 is 10.0 Å². The molecule has 0 unspecified atom stereocenters. The van der Waals surface area contributed by atoms with Crippen molar-refractivity contribution in [3.63, 3.8) is 0 Å². The molecular formula is C15H26N2O2S. The van der Waals surface area contributed by atoms with Gasteiger partial charge in [0, 0.05) is 12.1 Å². The van der Waals surface area contributed by atoms with E-state index in [4.69, 9.17) is 5.73 Å². The smallest absolute Gasteiger partial charge is 0.241 e. The van der Waals surface area contributed by atoms with Crippen molar-refractivity contribution in [3.05, 3.63) is 29.3 Å². The third-order valence-electron chi connectivity index (χ3n) is 4.23. The van der Waals surface area contributed by atoms with E-state index in [-0.39, 0.29) is 5.54 Å². The van der Waals surface area contributed by atoms with Gasteiger partial charge in [0.2, 0.25) is 10.0 Å². The molecule has 0 aliphatic rings. The Morgan fingerprint density at radius 2 is 1.70 bits per heavy atom. The normalized spacial score (nSPS) is 12.7. The molecule has 20 heavy (non-hydrogen) atoms. The first-order chi connectivity index (χ1) is 9.34. The lowest BCUT2D eigenvalue weighted by atomic mass is 9.91. The Kier molecular flexibility index (Phi) is 5.74. The summed E-state index contributed by atoms with van der Waals surface area (Å²) in [6, 6.07) is 5.12. The van der Waals surface area contributed by atoms with Crippen molar-refractivity contribution in [2.24, 2.45) is 5.73 Å². The molecule has 1 aromatic rings. The second-order valence-corrected chi connectivity index (χ2v) is 6.92. The molecule has 0 spiro atoms. The SMILES string of the molecule is CCC(CC)(CC)NS(=O)(=O)c1ccc(C)c(CN)c1. The quantitative estimate of drug-likeness (QED) is 0.813. The predicted octanol–water partition coefficient (Wildman–Crippen LogP) is 2.70. The van der Waals surface area contributed by atoms with Gasteiger partial charge in [0.1, 0.15) is 0 Å². The Morgan fingerprint density at radius 1 is 1.15 bits per heavy atom. The molecule has 0 saturated carbocycles. The minimum atomic E-state index is -3.51. The highest BCUT2D eigenvalue weighted by Crippen LogP contribution is 2.24. The number of rotatable bonds is 7. The van der Waals surface area contributed by atoms with Gasteiger partial charge in [-0.15, -0.1) is 0 Å². The highest BCUT2D eigenvalue weighted by molar-refractivity contribution is 7.89. The molecule has 0 saturated heterocycles. The number of sulfonamides is 1. The summed E-state index contributed by atoms with van der Waals surface area (Å²) in [7, 11) is -3.51. The largest absolute Gasteiger partial charge is 0.326 e. The summed E-state index contributed by atoms with van der Waals surface area (Å²) in [6.07, 6.45) is 2.32. The van der Waals surface area contributed by atoms with Crippen LogP contribution in [0.15, 0.2) is 23.1 Å². The van der Waals surface area contributed by atoms with Crippen molar-refractivity contribution in [1.82, 2.24) is 4.72 Å².